The van der Waals surface area contributed by atoms with E-state index < -0.39 is 4.92 Å². The highest BCUT2D eigenvalue weighted by Crippen LogP contribution is 2.23. The second-order valence-electron chi connectivity index (χ2n) is 5.61. The number of non-ortho nitro benzene ring substituents is 1. The first kappa shape index (κ1) is 17.6. The van der Waals surface area contributed by atoms with Crippen LogP contribution in [0.15, 0.2) is 60.0 Å². The third kappa shape index (κ3) is 4.25. The molecule has 3 aromatic rings. The molecule has 0 aliphatic carbocycles. The fourth-order valence-electron chi connectivity index (χ4n) is 2.33. The molecule has 6 nitrogen and oxygen atoms in total. The summed E-state index contributed by atoms with van der Waals surface area (Å²) in [6.07, 6.45) is 0. The normalized spacial score (nSPS) is 10.3. The summed E-state index contributed by atoms with van der Waals surface area (Å²) >= 11 is 1.60. The number of nitrogens with zero attached hydrogens (tertiary/aromatic N) is 1. The molecule has 0 aliphatic heterocycles. The highest BCUT2D eigenvalue weighted by Gasteiger charge is 2.13. The number of carbonyl (C=O) groups is 1. The van der Waals surface area contributed by atoms with E-state index in [4.69, 9.17) is 4.74 Å². The van der Waals surface area contributed by atoms with Crippen LogP contribution in [0.1, 0.15) is 20.8 Å². The van der Waals surface area contributed by atoms with Gasteiger partial charge in [0.25, 0.3) is 11.6 Å². The predicted octanol–water partition coefficient (Wildman–Crippen LogP) is 4.80. The van der Waals surface area contributed by atoms with E-state index in [1.54, 1.807) is 48.6 Å². The smallest absolute Gasteiger partial charge is 0.271 e. The number of aryl methyl sites for hydroxylation is 1. The van der Waals surface area contributed by atoms with Crippen molar-refractivity contribution in [2.24, 2.45) is 0 Å². The van der Waals surface area contributed by atoms with Crippen molar-refractivity contribution in [2.75, 3.05) is 5.32 Å². The van der Waals surface area contributed by atoms with Crippen molar-refractivity contribution in [3.8, 4) is 5.75 Å². The molecule has 0 fully saturated rings. The monoisotopic (exact) mass is 368 g/mol. The number of rotatable bonds is 6. The molecule has 0 unspecified atom stereocenters. The Morgan fingerprint density at radius 3 is 2.77 bits per heavy atom. The van der Waals surface area contributed by atoms with Crippen molar-refractivity contribution >= 4 is 28.6 Å². The summed E-state index contributed by atoms with van der Waals surface area (Å²) in [5, 5.41) is 15.6. The molecule has 0 atom stereocenters. The van der Waals surface area contributed by atoms with Crippen molar-refractivity contribution in [2.45, 2.75) is 13.5 Å². The first-order chi connectivity index (χ1) is 12.5. The van der Waals surface area contributed by atoms with Crippen molar-refractivity contribution < 1.29 is 14.5 Å². The van der Waals surface area contributed by atoms with E-state index in [1.165, 1.54) is 12.1 Å². The van der Waals surface area contributed by atoms with Gasteiger partial charge in [0.2, 0.25) is 0 Å². The minimum atomic E-state index is -0.492. The van der Waals surface area contributed by atoms with Gasteiger partial charge in [-0.2, -0.15) is 0 Å². The molecule has 2 aromatic carbocycles. The summed E-state index contributed by atoms with van der Waals surface area (Å²) in [6, 6.07) is 15.1. The van der Waals surface area contributed by atoms with Gasteiger partial charge in [-0.25, -0.2) is 0 Å². The lowest BCUT2D eigenvalue weighted by atomic mass is 10.1. The van der Waals surface area contributed by atoms with Crippen LogP contribution in [0.5, 0.6) is 5.75 Å². The average molecular weight is 368 g/mol. The average Bonchev–Trinajstić information content (AvgIpc) is 3.15. The van der Waals surface area contributed by atoms with E-state index in [9.17, 15) is 14.9 Å². The highest BCUT2D eigenvalue weighted by atomic mass is 32.1. The second-order valence-corrected chi connectivity index (χ2v) is 6.64. The van der Waals surface area contributed by atoms with Gasteiger partial charge in [-0.05, 0) is 42.1 Å². The molecule has 1 aromatic heterocycles. The maximum Gasteiger partial charge on any atom is 0.271 e. The fourth-order valence-corrected chi connectivity index (χ4v) is 2.95. The van der Waals surface area contributed by atoms with E-state index in [-0.39, 0.29) is 11.6 Å². The van der Waals surface area contributed by atoms with Gasteiger partial charge < -0.3 is 10.1 Å². The second kappa shape index (κ2) is 7.79. The summed E-state index contributed by atoms with van der Waals surface area (Å²) in [4.78, 5) is 24.0. The SMILES string of the molecule is Cc1ccc([N+](=O)[O-])cc1NC(=O)c1cccc(OCc2cccs2)c1. The Hall–Kier alpha value is -3.19. The van der Waals surface area contributed by atoms with Gasteiger partial charge in [-0.1, -0.05) is 18.2 Å². The molecule has 1 amide bonds. The van der Waals surface area contributed by atoms with E-state index >= 15 is 0 Å². The van der Waals surface area contributed by atoms with Gasteiger partial charge in [0.15, 0.2) is 0 Å². The number of nitro benzene ring substituents is 1. The summed E-state index contributed by atoms with van der Waals surface area (Å²) in [6.45, 7) is 2.21. The van der Waals surface area contributed by atoms with Crippen LogP contribution in [-0.4, -0.2) is 10.8 Å². The van der Waals surface area contributed by atoms with Crippen molar-refractivity contribution in [1.82, 2.24) is 0 Å². The third-order valence-electron chi connectivity index (χ3n) is 3.74. The van der Waals surface area contributed by atoms with E-state index in [1.807, 2.05) is 17.5 Å². The predicted molar refractivity (Wildman–Crippen MR) is 101 cm³/mol. The van der Waals surface area contributed by atoms with Crippen molar-refractivity contribution in [1.29, 1.82) is 0 Å². The Morgan fingerprint density at radius 2 is 2.04 bits per heavy atom. The summed E-state index contributed by atoms with van der Waals surface area (Å²) in [7, 11) is 0. The molecule has 3 rings (SSSR count). The van der Waals surface area contributed by atoms with Gasteiger partial charge in [-0.3, -0.25) is 14.9 Å². The molecule has 0 aliphatic rings. The zero-order valence-electron chi connectivity index (χ0n) is 14.0. The molecule has 0 saturated carbocycles. The number of anilines is 1. The minimum absolute atomic E-state index is 0.0704. The summed E-state index contributed by atoms with van der Waals surface area (Å²) < 4.78 is 5.71. The summed E-state index contributed by atoms with van der Waals surface area (Å²) in [5.74, 6) is 0.233. The third-order valence-corrected chi connectivity index (χ3v) is 4.59. The Bertz CT molecular complexity index is 938. The van der Waals surface area contributed by atoms with Crippen LogP contribution in [0.2, 0.25) is 0 Å². The number of thiophene rings is 1. The number of nitrogens with one attached hydrogen (secondary N) is 1. The number of hydrogen-bond acceptors (Lipinski definition) is 5. The van der Waals surface area contributed by atoms with E-state index in [0.717, 1.165) is 10.4 Å². The fraction of sp³-hybridized carbons (Fsp3) is 0.105. The maximum absolute atomic E-state index is 12.5. The number of carbonyl (C=O) groups excluding carboxylic acids is 1. The van der Waals surface area contributed by atoms with Crippen LogP contribution in [-0.2, 0) is 6.61 Å². The summed E-state index contributed by atoms with van der Waals surface area (Å²) in [5.41, 5.74) is 1.50. The van der Waals surface area contributed by atoms with Crippen LogP contribution < -0.4 is 10.1 Å². The first-order valence-electron chi connectivity index (χ1n) is 7.84. The Morgan fingerprint density at radius 1 is 1.19 bits per heavy atom. The Labute approximate surface area is 154 Å². The lowest BCUT2D eigenvalue weighted by molar-refractivity contribution is -0.384. The molecule has 132 valence electrons. The van der Waals surface area contributed by atoms with Gasteiger partial charge in [-0.15, -0.1) is 11.3 Å². The topological polar surface area (TPSA) is 81.5 Å². The molecular formula is C19H16N2O4S. The first-order valence-corrected chi connectivity index (χ1v) is 8.72. The molecule has 0 bridgehead atoms. The molecule has 7 heteroatoms. The Balaban J connectivity index is 1.73. The molecular weight excluding hydrogens is 352 g/mol. The van der Waals surface area contributed by atoms with Gasteiger partial charge in [0.1, 0.15) is 12.4 Å². The number of benzene rings is 2. The Kier molecular flexibility index (Phi) is 5.28. The number of amides is 1. The molecule has 0 saturated heterocycles. The van der Waals surface area contributed by atoms with Crippen LogP contribution >= 0.6 is 11.3 Å². The quantitative estimate of drug-likeness (QED) is 0.501. The molecule has 26 heavy (non-hydrogen) atoms. The standard InChI is InChI=1S/C19H16N2O4S/c1-13-7-8-15(21(23)24)11-18(13)20-19(22)14-4-2-5-16(10-14)25-12-17-6-3-9-26-17/h2-11H,12H2,1H3,(H,20,22). The molecule has 1 N–H and O–H groups in total. The van der Waals surface area contributed by atoms with E-state index in [2.05, 4.69) is 5.32 Å². The van der Waals surface area contributed by atoms with Gasteiger partial charge in [0.05, 0.1) is 10.6 Å². The molecule has 1 heterocycles. The largest absolute Gasteiger partial charge is 0.488 e. The zero-order valence-corrected chi connectivity index (χ0v) is 14.8. The number of hydrogen-bond donors (Lipinski definition) is 1. The zero-order chi connectivity index (χ0) is 18.5. The van der Waals surface area contributed by atoms with E-state index in [0.29, 0.717) is 23.6 Å². The lowest BCUT2D eigenvalue weighted by Gasteiger charge is -2.10. The highest BCUT2D eigenvalue weighted by molar-refractivity contribution is 7.09. The van der Waals surface area contributed by atoms with Gasteiger partial charge in [0, 0.05) is 22.6 Å². The van der Waals surface area contributed by atoms with Crippen molar-refractivity contribution in [3.05, 3.63) is 86.1 Å². The lowest BCUT2D eigenvalue weighted by Crippen LogP contribution is -2.13. The van der Waals surface area contributed by atoms with Crippen molar-refractivity contribution in [3.63, 3.8) is 0 Å². The van der Waals surface area contributed by atoms with Crippen LogP contribution in [0.25, 0.3) is 0 Å². The van der Waals surface area contributed by atoms with Gasteiger partial charge >= 0.3 is 0 Å². The molecule has 0 radical (unpaired) electrons. The van der Waals surface area contributed by atoms with Crippen LogP contribution in [0, 0.1) is 17.0 Å². The maximum atomic E-state index is 12.5. The van der Waals surface area contributed by atoms with Crippen LogP contribution in [0.4, 0.5) is 11.4 Å². The molecule has 0 spiro atoms. The van der Waals surface area contributed by atoms with Crippen LogP contribution in [0.3, 0.4) is 0 Å². The minimum Gasteiger partial charge on any atom is -0.488 e. The number of nitro groups is 1. The number of ether oxygens (including phenoxy) is 1.